The predicted octanol–water partition coefficient (Wildman–Crippen LogP) is 0.420. The quantitative estimate of drug-likeness (QED) is 0.794. The van der Waals surface area contributed by atoms with Crippen LogP contribution in [0.15, 0.2) is 18.2 Å². The molecule has 3 N–H and O–H groups in total. The number of hydrogen-bond acceptors (Lipinski definition) is 4. The van der Waals surface area contributed by atoms with Crippen LogP contribution < -0.4 is 11.1 Å². The van der Waals surface area contributed by atoms with Crippen molar-refractivity contribution in [1.29, 1.82) is 0 Å². The fourth-order valence-electron chi connectivity index (χ4n) is 1.95. The number of carbonyl (C=O) groups is 1. The predicted molar refractivity (Wildman–Crippen MR) is 67.1 cm³/mol. The third-order valence-electron chi connectivity index (χ3n) is 2.97. The van der Waals surface area contributed by atoms with Crippen molar-refractivity contribution in [1.82, 2.24) is 5.32 Å². The van der Waals surface area contributed by atoms with Crippen LogP contribution in [0.3, 0.4) is 0 Å². The molecule has 1 unspecified atom stereocenters. The van der Waals surface area contributed by atoms with Crippen LogP contribution in [0.1, 0.15) is 21.5 Å². The van der Waals surface area contributed by atoms with Gasteiger partial charge in [0, 0.05) is 19.2 Å². The summed E-state index contributed by atoms with van der Waals surface area (Å²) in [6, 6.07) is 5.46. The Bertz CT molecular complexity index is 434. The normalized spacial score (nSPS) is 15.2. The van der Waals surface area contributed by atoms with E-state index < -0.39 is 0 Å². The van der Waals surface area contributed by atoms with Crippen LogP contribution in [0.25, 0.3) is 0 Å². The van der Waals surface area contributed by atoms with Crippen molar-refractivity contribution in [2.24, 2.45) is 5.73 Å². The van der Waals surface area contributed by atoms with Crippen LogP contribution in [-0.2, 0) is 22.7 Å². The Hall–Kier alpha value is -1.43. The van der Waals surface area contributed by atoms with Crippen LogP contribution >= 0.6 is 0 Å². The molecule has 0 aliphatic carbocycles. The van der Waals surface area contributed by atoms with Crippen LogP contribution in [0.4, 0.5) is 0 Å². The molecule has 1 aromatic rings. The summed E-state index contributed by atoms with van der Waals surface area (Å²) >= 11 is 0. The van der Waals surface area contributed by atoms with Gasteiger partial charge in [0.05, 0.1) is 25.9 Å². The van der Waals surface area contributed by atoms with Crippen LogP contribution in [0.5, 0.6) is 0 Å². The number of fused-ring (bicyclic) bond motifs is 1. The number of nitrogens with two attached hydrogens (primary N) is 1. The number of amides is 1. The van der Waals surface area contributed by atoms with E-state index in [1.54, 1.807) is 7.11 Å². The number of nitrogens with one attached hydrogen (secondary N) is 1. The molecular weight excluding hydrogens is 232 g/mol. The molecular formula is C13H18N2O3. The van der Waals surface area contributed by atoms with Gasteiger partial charge in [-0.15, -0.1) is 0 Å². The molecule has 18 heavy (non-hydrogen) atoms. The van der Waals surface area contributed by atoms with E-state index in [-0.39, 0.29) is 11.9 Å². The van der Waals surface area contributed by atoms with Crippen molar-refractivity contribution in [3.05, 3.63) is 34.9 Å². The summed E-state index contributed by atoms with van der Waals surface area (Å²) in [6.07, 6.45) is 0. The lowest BCUT2D eigenvalue weighted by Crippen LogP contribution is -2.43. The third kappa shape index (κ3) is 2.87. The highest BCUT2D eigenvalue weighted by atomic mass is 16.5. The molecule has 98 valence electrons. The number of rotatable bonds is 5. The standard InChI is InChI=1S/C13H18N2O3/c1-17-8-12(5-14)15-13(16)9-2-3-10-6-18-7-11(10)4-9/h2-4,12H,5-8,14H2,1H3,(H,15,16). The molecule has 1 aliphatic heterocycles. The molecule has 0 saturated heterocycles. The number of carbonyl (C=O) groups excluding carboxylic acids is 1. The van der Waals surface area contributed by atoms with E-state index in [1.165, 1.54) is 0 Å². The van der Waals surface area contributed by atoms with E-state index in [1.807, 2.05) is 18.2 Å². The summed E-state index contributed by atoms with van der Waals surface area (Å²) in [5.74, 6) is -0.128. The second-order valence-corrected chi connectivity index (χ2v) is 4.34. The van der Waals surface area contributed by atoms with Gasteiger partial charge < -0.3 is 20.5 Å². The molecule has 1 aromatic carbocycles. The molecule has 5 heteroatoms. The van der Waals surface area contributed by atoms with Crippen LogP contribution in [0.2, 0.25) is 0 Å². The van der Waals surface area contributed by atoms with Gasteiger partial charge in [-0.1, -0.05) is 6.07 Å². The second-order valence-electron chi connectivity index (χ2n) is 4.34. The number of methoxy groups -OCH3 is 1. The molecule has 1 amide bonds. The zero-order chi connectivity index (χ0) is 13.0. The Morgan fingerprint density at radius 1 is 1.50 bits per heavy atom. The summed E-state index contributed by atoms with van der Waals surface area (Å²) in [6.45, 7) is 1.98. The van der Waals surface area contributed by atoms with E-state index in [9.17, 15) is 4.79 Å². The van der Waals surface area contributed by atoms with Crippen molar-refractivity contribution in [2.75, 3.05) is 20.3 Å². The Labute approximate surface area is 106 Å². The second kappa shape index (κ2) is 5.95. The van der Waals surface area contributed by atoms with Crippen molar-refractivity contribution in [2.45, 2.75) is 19.3 Å². The first kappa shape index (κ1) is 13.0. The van der Waals surface area contributed by atoms with E-state index in [0.717, 1.165) is 11.1 Å². The summed E-state index contributed by atoms with van der Waals surface area (Å²) in [5, 5.41) is 2.85. The molecule has 5 nitrogen and oxygen atoms in total. The zero-order valence-corrected chi connectivity index (χ0v) is 10.4. The highest BCUT2D eigenvalue weighted by Crippen LogP contribution is 2.20. The SMILES string of the molecule is COCC(CN)NC(=O)c1ccc2c(c1)COC2. The maximum atomic E-state index is 12.0. The van der Waals surface area contributed by atoms with E-state index in [2.05, 4.69) is 5.32 Å². The van der Waals surface area contributed by atoms with Gasteiger partial charge in [-0.2, -0.15) is 0 Å². The Morgan fingerprint density at radius 2 is 2.28 bits per heavy atom. The molecule has 2 rings (SSSR count). The Balaban J connectivity index is 2.04. The minimum Gasteiger partial charge on any atom is -0.383 e. The third-order valence-corrected chi connectivity index (χ3v) is 2.97. The maximum Gasteiger partial charge on any atom is 0.251 e. The molecule has 0 fully saturated rings. The van der Waals surface area contributed by atoms with Crippen molar-refractivity contribution < 1.29 is 14.3 Å². The van der Waals surface area contributed by atoms with Gasteiger partial charge in [-0.05, 0) is 23.3 Å². The minimum atomic E-state index is -0.160. The van der Waals surface area contributed by atoms with Gasteiger partial charge in [0.2, 0.25) is 0 Å². The number of hydrogen-bond donors (Lipinski definition) is 2. The van der Waals surface area contributed by atoms with Crippen LogP contribution in [-0.4, -0.2) is 32.2 Å². The van der Waals surface area contributed by atoms with Gasteiger partial charge in [0.25, 0.3) is 5.91 Å². The number of benzene rings is 1. The smallest absolute Gasteiger partial charge is 0.251 e. The number of ether oxygens (including phenoxy) is 2. The van der Waals surface area contributed by atoms with E-state index in [0.29, 0.717) is 31.9 Å². The summed E-state index contributed by atoms with van der Waals surface area (Å²) in [7, 11) is 1.58. The van der Waals surface area contributed by atoms with Gasteiger partial charge in [-0.3, -0.25) is 4.79 Å². The van der Waals surface area contributed by atoms with Crippen molar-refractivity contribution in [3.8, 4) is 0 Å². The van der Waals surface area contributed by atoms with Gasteiger partial charge in [0.15, 0.2) is 0 Å². The highest BCUT2D eigenvalue weighted by molar-refractivity contribution is 5.94. The Kier molecular flexibility index (Phi) is 4.30. The molecule has 0 saturated carbocycles. The van der Waals surface area contributed by atoms with Gasteiger partial charge in [-0.25, -0.2) is 0 Å². The molecule has 0 radical (unpaired) electrons. The molecule has 0 spiro atoms. The zero-order valence-electron chi connectivity index (χ0n) is 10.4. The Morgan fingerprint density at radius 3 is 3.00 bits per heavy atom. The lowest BCUT2D eigenvalue weighted by Gasteiger charge is -2.16. The molecule has 1 heterocycles. The largest absolute Gasteiger partial charge is 0.383 e. The summed E-state index contributed by atoms with van der Waals surface area (Å²) in [5.41, 5.74) is 8.43. The minimum absolute atomic E-state index is 0.128. The average molecular weight is 250 g/mol. The molecule has 1 atom stereocenters. The first-order valence-electron chi connectivity index (χ1n) is 5.94. The summed E-state index contributed by atoms with van der Waals surface area (Å²) < 4.78 is 10.3. The monoisotopic (exact) mass is 250 g/mol. The van der Waals surface area contributed by atoms with Crippen LogP contribution in [0, 0.1) is 0 Å². The van der Waals surface area contributed by atoms with Crippen molar-refractivity contribution >= 4 is 5.91 Å². The average Bonchev–Trinajstić information content (AvgIpc) is 2.85. The first-order chi connectivity index (χ1) is 8.74. The fourth-order valence-corrected chi connectivity index (χ4v) is 1.95. The lowest BCUT2D eigenvalue weighted by molar-refractivity contribution is 0.0900. The lowest BCUT2D eigenvalue weighted by atomic mass is 10.1. The molecule has 0 aromatic heterocycles. The van der Waals surface area contributed by atoms with Gasteiger partial charge >= 0.3 is 0 Å². The maximum absolute atomic E-state index is 12.0. The van der Waals surface area contributed by atoms with Crippen molar-refractivity contribution in [3.63, 3.8) is 0 Å². The van der Waals surface area contributed by atoms with E-state index in [4.69, 9.17) is 15.2 Å². The highest BCUT2D eigenvalue weighted by Gasteiger charge is 2.16. The summed E-state index contributed by atoms with van der Waals surface area (Å²) in [4.78, 5) is 12.0. The molecule has 1 aliphatic rings. The first-order valence-corrected chi connectivity index (χ1v) is 5.94. The molecule has 0 bridgehead atoms. The fraction of sp³-hybridized carbons (Fsp3) is 0.462. The van der Waals surface area contributed by atoms with Gasteiger partial charge in [0.1, 0.15) is 0 Å². The van der Waals surface area contributed by atoms with E-state index >= 15 is 0 Å². The topological polar surface area (TPSA) is 73.6 Å².